The predicted molar refractivity (Wildman–Crippen MR) is 94.6 cm³/mol. The van der Waals surface area contributed by atoms with E-state index in [0.29, 0.717) is 5.56 Å². The second-order valence-electron chi connectivity index (χ2n) is 5.30. The Hall–Kier alpha value is -0.300. The van der Waals surface area contributed by atoms with E-state index >= 15 is 0 Å². The first-order valence-electron chi connectivity index (χ1n) is 6.57. The van der Waals surface area contributed by atoms with E-state index in [-0.39, 0.29) is 18.0 Å². The molecule has 20 heavy (non-hydrogen) atoms. The van der Waals surface area contributed by atoms with Crippen LogP contribution in [0.25, 0.3) is 0 Å². The summed E-state index contributed by atoms with van der Waals surface area (Å²) in [5, 5.41) is 0. The largest absolute Gasteiger partial charge is 0.495 e. The Kier molecular flexibility index (Phi) is 6.31. The zero-order valence-electron chi connectivity index (χ0n) is 12.8. The van der Waals surface area contributed by atoms with Crippen LogP contribution in [0.4, 0.5) is 0 Å². The normalized spacial score (nSPS) is 11.1. The van der Waals surface area contributed by atoms with Gasteiger partial charge < -0.3 is 9.64 Å². The van der Waals surface area contributed by atoms with Crippen LogP contribution in [0.15, 0.2) is 10.5 Å². The standard InChI is InChI=1S/C15H21BrINO2/c1-8(2)18(9(3)4)15(19)12-11(16)7-10(5)14(20-6)13(12)17/h7-9H,1-6H3. The number of carbonyl (C=O) groups is 1. The Balaban J connectivity index is 3.42. The Bertz CT molecular complexity index is 507. The number of methoxy groups -OCH3 is 1. The molecular formula is C15H21BrINO2. The highest BCUT2D eigenvalue weighted by molar-refractivity contribution is 14.1. The highest BCUT2D eigenvalue weighted by atomic mass is 127. The lowest BCUT2D eigenvalue weighted by atomic mass is 10.1. The number of amides is 1. The van der Waals surface area contributed by atoms with Crippen molar-refractivity contribution in [2.45, 2.75) is 46.7 Å². The van der Waals surface area contributed by atoms with Gasteiger partial charge in [-0.15, -0.1) is 0 Å². The van der Waals surface area contributed by atoms with Crippen molar-refractivity contribution in [3.63, 3.8) is 0 Å². The van der Waals surface area contributed by atoms with Crippen molar-refractivity contribution in [1.82, 2.24) is 4.90 Å². The topological polar surface area (TPSA) is 29.5 Å². The van der Waals surface area contributed by atoms with E-state index < -0.39 is 0 Å². The van der Waals surface area contributed by atoms with Gasteiger partial charge in [0.25, 0.3) is 5.91 Å². The summed E-state index contributed by atoms with van der Waals surface area (Å²) in [6, 6.07) is 2.24. The summed E-state index contributed by atoms with van der Waals surface area (Å²) in [7, 11) is 1.63. The number of halogens is 2. The zero-order valence-corrected chi connectivity index (χ0v) is 16.5. The monoisotopic (exact) mass is 453 g/mol. The summed E-state index contributed by atoms with van der Waals surface area (Å²) in [4.78, 5) is 14.8. The van der Waals surface area contributed by atoms with Crippen LogP contribution in [-0.2, 0) is 0 Å². The number of aryl methyl sites for hydroxylation is 1. The minimum absolute atomic E-state index is 0.0320. The van der Waals surface area contributed by atoms with E-state index in [0.717, 1.165) is 19.4 Å². The molecule has 0 heterocycles. The van der Waals surface area contributed by atoms with Gasteiger partial charge in [-0.05, 0) is 84.8 Å². The summed E-state index contributed by atoms with van der Waals surface area (Å²) >= 11 is 5.71. The molecule has 5 heteroatoms. The second kappa shape index (κ2) is 7.11. The molecule has 1 aromatic rings. The molecule has 0 aliphatic carbocycles. The highest BCUT2D eigenvalue weighted by Crippen LogP contribution is 2.35. The third-order valence-corrected chi connectivity index (χ3v) is 4.78. The number of benzene rings is 1. The smallest absolute Gasteiger partial charge is 0.256 e. The molecule has 0 N–H and O–H groups in total. The first-order chi connectivity index (χ1) is 9.22. The lowest BCUT2D eigenvalue weighted by molar-refractivity contribution is 0.0641. The molecule has 0 fully saturated rings. The van der Waals surface area contributed by atoms with Crippen LogP contribution < -0.4 is 4.74 Å². The Morgan fingerprint density at radius 1 is 1.30 bits per heavy atom. The van der Waals surface area contributed by atoms with Gasteiger partial charge >= 0.3 is 0 Å². The molecular weight excluding hydrogens is 433 g/mol. The van der Waals surface area contributed by atoms with Crippen molar-refractivity contribution in [2.24, 2.45) is 0 Å². The molecule has 0 aromatic heterocycles. The fourth-order valence-electron chi connectivity index (χ4n) is 2.36. The van der Waals surface area contributed by atoms with Crippen molar-refractivity contribution in [3.8, 4) is 5.75 Å². The molecule has 112 valence electrons. The van der Waals surface area contributed by atoms with E-state index in [1.807, 2.05) is 45.6 Å². The summed E-state index contributed by atoms with van der Waals surface area (Å²) in [6.07, 6.45) is 0. The summed E-state index contributed by atoms with van der Waals surface area (Å²) in [5.74, 6) is 0.800. The van der Waals surface area contributed by atoms with Gasteiger partial charge in [0.05, 0.1) is 16.2 Å². The first kappa shape index (κ1) is 17.8. The zero-order chi connectivity index (χ0) is 15.6. The van der Waals surface area contributed by atoms with Gasteiger partial charge in [0.1, 0.15) is 5.75 Å². The quantitative estimate of drug-likeness (QED) is 0.622. The van der Waals surface area contributed by atoms with E-state index in [1.54, 1.807) is 7.11 Å². The first-order valence-corrected chi connectivity index (χ1v) is 8.44. The number of rotatable bonds is 4. The van der Waals surface area contributed by atoms with Crippen LogP contribution in [-0.4, -0.2) is 30.0 Å². The van der Waals surface area contributed by atoms with Gasteiger partial charge in [0.2, 0.25) is 0 Å². The van der Waals surface area contributed by atoms with Crippen LogP contribution in [0.2, 0.25) is 0 Å². The SMILES string of the molecule is COc1c(C)cc(Br)c(C(=O)N(C(C)C)C(C)C)c1I. The number of ether oxygens (including phenoxy) is 1. The Labute approximate surface area is 143 Å². The Morgan fingerprint density at radius 3 is 2.20 bits per heavy atom. The van der Waals surface area contributed by atoms with Crippen LogP contribution in [0.3, 0.4) is 0 Å². The molecule has 0 aliphatic heterocycles. The number of nitrogens with zero attached hydrogens (tertiary/aromatic N) is 1. The summed E-state index contributed by atoms with van der Waals surface area (Å²) in [6.45, 7) is 10.1. The summed E-state index contributed by atoms with van der Waals surface area (Å²) in [5.41, 5.74) is 1.69. The molecule has 1 aromatic carbocycles. The van der Waals surface area contributed by atoms with E-state index in [4.69, 9.17) is 4.74 Å². The van der Waals surface area contributed by atoms with Crippen molar-refractivity contribution in [1.29, 1.82) is 0 Å². The van der Waals surface area contributed by atoms with Crippen molar-refractivity contribution >= 4 is 44.4 Å². The molecule has 0 atom stereocenters. The van der Waals surface area contributed by atoms with Crippen molar-refractivity contribution in [3.05, 3.63) is 25.2 Å². The van der Waals surface area contributed by atoms with Crippen LogP contribution in [0, 0.1) is 10.5 Å². The molecule has 1 amide bonds. The van der Waals surface area contributed by atoms with E-state index in [1.165, 1.54) is 0 Å². The summed E-state index contributed by atoms with van der Waals surface area (Å²) < 4.78 is 7.09. The van der Waals surface area contributed by atoms with Gasteiger partial charge in [-0.3, -0.25) is 4.79 Å². The lowest BCUT2D eigenvalue weighted by Gasteiger charge is -2.31. The minimum Gasteiger partial charge on any atom is -0.495 e. The van der Waals surface area contributed by atoms with Gasteiger partial charge in [0, 0.05) is 16.6 Å². The molecule has 1 rings (SSSR count). The number of hydrogen-bond donors (Lipinski definition) is 0. The van der Waals surface area contributed by atoms with E-state index in [9.17, 15) is 4.79 Å². The van der Waals surface area contributed by atoms with Crippen LogP contribution >= 0.6 is 38.5 Å². The molecule has 0 bridgehead atoms. The van der Waals surface area contributed by atoms with E-state index in [2.05, 4.69) is 38.5 Å². The van der Waals surface area contributed by atoms with Crippen LogP contribution in [0.5, 0.6) is 5.75 Å². The second-order valence-corrected chi connectivity index (χ2v) is 7.23. The molecule has 0 aliphatic rings. The minimum atomic E-state index is 0.0320. The predicted octanol–water partition coefficient (Wildman–Crippen LogP) is 4.63. The van der Waals surface area contributed by atoms with Crippen molar-refractivity contribution < 1.29 is 9.53 Å². The average molecular weight is 454 g/mol. The van der Waals surface area contributed by atoms with Crippen LogP contribution in [0.1, 0.15) is 43.6 Å². The number of carbonyl (C=O) groups excluding carboxylic acids is 1. The molecule has 0 saturated carbocycles. The number of hydrogen-bond acceptors (Lipinski definition) is 2. The maximum atomic E-state index is 12.9. The molecule has 3 nitrogen and oxygen atoms in total. The van der Waals surface area contributed by atoms with Gasteiger partial charge in [0.15, 0.2) is 0 Å². The van der Waals surface area contributed by atoms with Gasteiger partial charge in [-0.25, -0.2) is 0 Å². The highest BCUT2D eigenvalue weighted by Gasteiger charge is 2.27. The molecule has 0 radical (unpaired) electrons. The maximum Gasteiger partial charge on any atom is 0.256 e. The van der Waals surface area contributed by atoms with Gasteiger partial charge in [-0.2, -0.15) is 0 Å². The third-order valence-electron chi connectivity index (χ3n) is 3.12. The maximum absolute atomic E-state index is 12.9. The van der Waals surface area contributed by atoms with Crippen molar-refractivity contribution in [2.75, 3.05) is 7.11 Å². The third kappa shape index (κ3) is 3.47. The van der Waals surface area contributed by atoms with Gasteiger partial charge in [-0.1, -0.05) is 0 Å². The average Bonchev–Trinajstić information content (AvgIpc) is 2.27. The fourth-order valence-corrected chi connectivity index (χ4v) is 4.61. The fraction of sp³-hybridized carbons (Fsp3) is 0.533. The lowest BCUT2D eigenvalue weighted by Crippen LogP contribution is -2.42. The molecule has 0 unspecified atom stereocenters. The molecule has 0 spiro atoms. The molecule has 0 saturated heterocycles. The Morgan fingerprint density at radius 2 is 1.80 bits per heavy atom.